The first-order chi connectivity index (χ1) is 35.6. The summed E-state index contributed by atoms with van der Waals surface area (Å²) in [4.78, 5) is 20.1. The number of hydrogen-bond donors (Lipinski definition) is 0. The van der Waals surface area contributed by atoms with Gasteiger partial charge in [-0.2, -0.15) is 0 Å². The summed E-state index contributed by atoms with van der Waals surface area (Å²) in [6.45, 7) is -0.545. The number of rotatable bonds is 3. The molecule has 6 aliphatic rings. The van der Waals surface area contributed by atoms with Gasteiger partial charge >= 0.3 is 0 Å². The molecule has 0 atom stereocenters. The van der Waals surface area contributed by atoms with Crippen molar-refractivity contribution in [3.05, 3.63) is 210 Å². The van der Waals surface area contributed by atoms with Crippen LogP contribution in [0.25, 0.3) is 21.9 Å². The molecule has 0 amide bonds. The monoisotopic (exact) mass is 922 g/mol. The maximum absolute atomic E-state index is 15.4. The topological polar surface area (TPSA) is 73.6 Å². The van der Waals surface area contributed by atoms with Crippen molar-refractivity contribution in [2.45, 2.75) is 0 Å². The number of nitrogens with zero attached hydrogens (tertiary/aromatic N) is 2. The van der Waals surface area contributed by atoms with Crippen molar-refractivity contribution in [1.82, 2.24) is 0 Å². The maximum Gasteiger partial charge on any atom is 0.256 e. The molecule has 17 rings (SSSR count). The summed E-state index contributed by atoms with van der Waals surface area (Å²) in [6, 6.07) is 68.3. The molecular weight excluding hydrogens is 889 g/mol. The normalized spacial score (nSPS) is 14.1. The third-order valence-electron chi connectivity index (χ3n) is 15.6. The van der Waals surface area contributed by atoms with Crippen molar-refractivity contribution < 1.29 is 23.4 Å². The SMILES string of the molecule is O=c1c2cc3c(cc2oc2cc4c(cc12)B1c2ccccc2N2c5ccccc5B5c6ccccc6Oc6cc(c1c2c65)O4)Oc1cc(Oc2ccccc2)cc2c1B3c1ccccc1N2c1ccccc1. The zero-order valence-electron chi connectivity index (χ0n) is 38.1. The van der Waals surface area contributed by atoms with E-state index in [0.717, 1.165) is 101 Å². The number of hydrogen-bond acceptors (Lipinski definition) is 8. The Morgan fingerprint density at radius 1 is 0.361 bits per heavy atom. The molecule has 0 saturated carbocycles. The van der Waals surface area contributed by atoms with Gasteiger partial charge in [-0.15, -0.1) is 0 Å². The van der Waals surface area contributed by atoms with E-state index in [9.17, 15) is 0 Å². The van der Waals surface area contributed by atoms with E-state index in [1.54, 1.807) is 0 Å². The Morgan fingerprint density at radius 2 is 0.847 bits per heavy atom. The second kappa shape index (κ2) is 13.9. The summed E-state index contributed by atoms with van der Waals surface area (Å²) in [7, 11) is 0. The van der Waals surface area contributed by atoms with Gasteiger partial charge in [0.15, 0.2) is 5.43 Å². The van der Waals surface area contributed by atoms with Gasteiger partial charge in [-0.1, -0.05) is 109 Å². The van der Waals surface area contributed by atoms with Crippen LogP contribution in [0.2, 0.25) is 0 Å². The van der Waals surface area contributed by atoms with E-state index >= 15 is 4.79 Å². The van der Waals surface area contributed by atoms with E-state index in [1.807, 2.05) is 78.9 Å². The molecule has 0 fully saturated rings. The molecule has 72 heavy (non-hydrogen) atoms. The Balaban J connectivity index is 0.865. The summed E-state index contributed by atoms with van der Waals surface area (Å²) in [6.07, 6.45) is 0. The number of fused-ring (bicyclic) bond motifs is 16. The Hall–Kier alpha value is -9.34. The molecular formula is C61H33B3N2O6. The molecule has 0 aliphatic carbocycles. The molecule has 332 valence electrons. The highest BCUT2D eigenvalue weighted by Crippen LogP contribution is 2.47. The predicted octanol–water partition coefficient (Wildman–Crippen LogP) is 8.48. The molecule has 10 aromatic carbocycles. The molecule has 6 aliphatic heterocycles. The standard InChI is InChI=1S/C61H33B3N2O6/c67-61-37-29-43-52(71-54-28-36(68-35-17-5-2-6-18-35)27-48-57(54)63(43)39-19-7-11-23-45(39)65(48)34-15-3-1-4-16-34)31-50(37)70-51-32-53-44(30-38(51)61)64-41-21-9-13-25-47(41)66-46-24-12-8-20-40(46)62-42-22-10-14-26-49(42)69-55-33-56(72-53)59(64)60(66)58(55)62/h1-33H. The Bertz CT molecular complexity index is 4320. The van der Waals surface area contributed by atoms with E-state index < -0.39 is 0 Å². The van der Waals surface area contributed by atoms with Gasteiger partial charge in [-0.05, 0) is 110 Å². The van der Waals surface area contributed by atoms with Crippen molar-refractivity contribution in [1.29, 1.82) is 0 Å². The van der Waals surface area contributed by atoms with Crippen LogP contribution < -0.4 is 83.3 Å². The summed E-state index contributed by atoms with van der Waals surface area (Å²) in [5.74, 6) is 5.60. The predicted molar refractivity (Wildman–Crippen MR) is 289 cm³/mol. The van der Waals surface area contributed by atoms with Gasteiger partial charge in [0.1, 0.15) is 57.2 Å². The van der Waals surface area contributed by atoms with Crippen LogP contribution in [0.1, 0.15) is 0 Å². The summed E-state index contributed by atoms with van der Waals surface area (Å²) in [5.41, 5.74) is 16.6. The van der Waals surface area contributed by atoms with Gasteiger partial charge in [0, 0.05) is 64.5 Å². The molecule has 0 N–H and O–H groups in total. The molecule has 8 nitrogen and oxygen atoms in total. The molecule has 1 aromatic heterocycles. The highest BCUT2D eigenvalue weighted by molar-refractivity contribution is 7.04. The minimum atomic E-state index is -0.261. The van der Waals surface area contributed by atoms with Crippen LogP contribution in [0.3, 0.4) is 0 Å². The number of para-hydroxylation sites is 6. The highest BCUT2D eigenvalue weighted by atomic mass is 16.5. The van der Waals surface area contributed by atoms with Gasteiger partial charge in [-0.3, -0.25) is 4.79 Å². The zero-order valence-corrected chi connectivity index (χ0v) is 38.1. The Kier molecular flexibility index (Phi) is 7.45. The number of anilines is 6. The van der Waals surface area contributed by atoms with Crippen molar-refractivity contribution in [2.24, 2.45) is 0 Å². The average Bonchev–Trinajstić information content (AvgIpc) is 3.42. The van der Waals surface area contributed by atoms with Gasteiger partial charge in [0.05, 0.1) is 10.8 Å². The van der Waals surface area contributed by atoms with Crippen LogP contribution in [-0.2, 0) is 0 Å². The van der Waals surface area contributed by atoms with Crippen molar-refractivity contribution in [3.8, 4) is 46.0 Å². The fourth-order valence-electron chi connectivity index (χ4n) is 12.8. The third kappa shape index (κ3) is 5.06. The lowest BCUT2D eigenvalue weighted by molar-refractivity contribution is 0.463. The third-order valence-corrected chi connectivity index (χ3v) is 15.6. The van der Waals surface area contributed by atoms with Crippen molar-refractivity contribution in [2.75, 3.05) is 9.80 Å². The number of ether oxygens (including phenoxy) is 4. The summed E-state index contributed by atoms with van der Waals surface area (Å²) in [5, 5.41) is 0.966. The second-order valence-electron chi connectivity index (χ2n) is 19.3. The Morgan fingerprint density at radius 3 is 1.47 bits per heavy atom. The quantitative estimate of drug-likeness (QED) is 0.129. The lowest BCUT2D eigenvalue weighted by Crippen LogP contribution is -2.67. The molecule has 11 heteroatoms. The van der Waals surface area contributed by atoms with E-state index in [1.165, 1.54) is 5.46 Å². The van der Waals surface area contributed by atoms with Crippen molar-refractivity contribution in [3.63, 3.8) is 0 Å². The van der Waals surface area contributed by atoms with Crippen molar-refractivity contribution >= 4 is 125 Å². The van der Waals surface area contributed by atoms with Crippen LogP contribution >= 0.6 is 0 Å². The summed E-state index contributed by atoms with van der Waals surface area (Å²) < 4.78 is 34.2. The van der Waals surface area contributed by atoms with Crippen LogP contribution in [0, 0.1) is 0 Å². The van der Waals surface area contributed by atoms with Crippen LogP contribution in [0.15, 0.2) is 209 Å². The first-order valence-electron chi connectivity index (χ1n) is 24.4. The maximum atomic E-state index is 15.4. The minimum absolute atomic E-state index is 0.0415. The van der Waals surface area contributed by atoms with Crippen LogP contribution in [-0.4, -0.2) is 20.1 Å². The largest absolute Gasteiger partial charge is 0.458 e. The lowest BCUT2D eigenvalue weighted by atomic mass is 9.29. The fourth-order valence-corrected chi connectivity index (χ4v) is 12.8. The molecule has 7 heterocycles. The molecule has 0 bridgehead atoms. The van der Waals surface area contributed by atoms with E-state index in [-0.39, 0.29) is 25.6 Å². The van der Waals surface area contributed by atoms with E-state index in [2.05, 4.69) is 131 Å². The zero-order chi connectivity index (χ0) is 46.9. The van der Waals surface area contributed by atoms with Crippen LogP contribution in [0.4, 0.5) is 34.1 Å². The summed E-state index contributed by atoms with van der Waals surface area (Å²) >= 11 is 0. The molecule has 0 saturated heterocycles. The second-order valence-corrected chi connectivity index (χ2v) is 19.3. The van der Waals surface area contributed by atoms with E-state index in [0.29, 0.717) is 44.9 Å². The molecule has 11 aromatic rings. The number of benzene rings is 10. The molecule has 0 radical (unpaired) electrons. The molecule has 0 spiro atoms. The van der Waals surface area contributed by atoms with Gasteiger partial charge in [-0.25, -0.2) is 0 Å². The molecule has 0 unspecified atom stereocenters. The average molecular weight is 922 g/mol. The minimum Gasteiger partial charge on any atom is -0.458 e. The first-order valence-corrected chi connectivity index (χ1v) is 24.4. The van der Waals surface area contributed by atoms with Gasteiger partial charge in [0.2, 0.25) is 0 Å². The Labute approximate surface area is 413 Å². The van der Waals surface area contributed by atoms with Gasteiger partial charge < -0.3 is 33.2 Å². The van der Waals surface area contributed by atoms with E-state index in [4.69, 9.17) is 23.4 Å². The first kappa shape index (κ1) is 38.5. The highest BCUT2D eigenvalue weighted by Gasteiger charge is 2.51. The fraction of sp³-hybridized carbons (Fsp3) is 0. The van der Waals surface area contributed by atoms with Gasteiger partial charge in [0.25, 0.3) is 20.1 Å². The smallest absolute Gasteiger partial charge is 0.256 e. The van der Waals surface area contributed by atoms with Crippen LogP contribution in [0.5, 0.6) is 46.0 Å². The lowest BCUT2D eigenvalue weighted by Gasteiger charge is -2.47.